The topological polar surface area (TPSA) is 97.2 Å². The van der Waals surface area contributed by atoms with Gasteiger partial charge in [0.05, 0.1) is 5.69 Å². The van der Waals surface area contributed by atoms with E-state index >= 15 is 0 Å². The van der Waals surface area contributed by atoms with E-state index in [1.165, 1.54) is 13.0 Å². The summed E-state index contributed by atoms with van der Waals surface area (Å²) in [5, 5.41) is 3.02. The summed E-state index contributed by atoms with van der Waals surface area (Å²) in [6, 6.07) is 10.1. The van der Waals surface area contributed by atoms with Crippen molar-refractivity contribution in [1.82, 2.24) is 4.57 Å². The van der Waals surface area contributed by atoms with Crippen LogP contribution in [0.3, 0.4) is 0 Å². The van der Waals surface area contributed by atoms with Gasteiger partial charge in [-0.3, -0.25) is 4.79 Å². The molecular weight excluding hydrogens is 424 g/mol. The van der Waals surface area contributed by atoms with Crippen molar-refractivity contribution < 1.29 is 19.1 Å². The monoisotopic (exact) mass is 454 g/mol. The fourth-order valence-corrected chi connectivity index (χ4v) is 4.03. The number of carbonyl (C=O) groups excluding carboxylic acids is 1. The van der Waals surface area contributed by atoms with Gasteiger partial charge in [-0.2, -0.15) is 0 Å². The van der Waals surface area contributed by atoms with Gasteiger partial charge in [0.2, 0.25) is 5.91 Å². The second kappa shape index (κ2) is 13.2. The Morgan fingerprint density at radius 1 is 1.23 bits per heavy atom. The molecule has 1 amide bonds. The fourth-order valence-electron chi connectivity index (χ4n) is 3.65. The molecule has 1 atom stereocenters. The smallest absolute Gasteiger partial charge is 0.808 e. The molecule has 8 heteroatoms. The molecule has 0 bridgehead atoms. The minimum atomic E-state index is -4.68. The zero-order chi connectivity index (χ0) is 22.1. The summed E-state index contributed by atoms with van der Waals surface area (Å²) in [6.07, 6.45) is 7.53. The van der Waals surface area contributed by atoms with Crippen molar-refractivity contribution in [3.05, 3.63) is 65.2 Å². The summed E-state index contributed by atoms with van der Waals surface area (Å²) in [5.74, 6) is 0.597. The van der Waals surface area contributed by atoms with Crippen LogP contribution >= 0.6 is 7.60 Å². The van der Waals surface area contributed by atoms with Crippen LogP contribution in [0, 0.1) is 0 Å². The zero-order valence-corrected chi connectivity index (χ0v) is 21.0. The summed E-state index contributed by atoms with van der Waals surface area (Å²) in [6.45, 7) is 6.33. The van der Waals surface area contributed by atoms with E-state index in [1.807, 2.05) is 25.1 Å². The number of aromatic nitrogens is 1. The molecule has 0 spiro atoms. The fraction of sp³-hybridized carbons (Fsp3) is 0.435. The molecule has 0 saturated carbocycles. The number of anilines is 1. The van der Waals surface area contributed by atoms with E-state index in [1.54, 1.807) is 0 Å². The van der Waals surface area contributed by atoms with E-state index in [0.29, 0.717) is 13.0 Å². The van der Waals surface area contributed by atoms with Gasteiger partial charge in [0.15, 0.2) is 0 Å². The van der Waals surface area contributed by atoms with Crippen molar-refractivity contribution in [2.24, 2.45) is 0 Å². The maximum Gasteiger partial charge on any atom is 2.00 e. The molecule has 2 rings (SSSR count). The van der Waals surface area contributed by atoms with Crippen molar-refractivity contribution >= 4 is 42.2 Å². The molecule has 1 aromatic carbocycles. The Balaban J connectivity index is 0.00000480. The first kappa shape index (κ1) is 27.7. The number of nitrogens with zero attached hydrogens (tertiary/aromatic N) is 1. The van der Waals surface area contributed by atoms with Crippen LogP contribution in [0.4, 0.5) is 5.69 Å². The van der Waals surface area contributed by atoms with E-state index in [0.717, 1.165) is 54.0 Å². The average Bonchev–Trinajstić information content (AvgIpc) is 2.99. The van der Waals surface area contributed by atoms with Gasteiger partial charge in [-0.1, -0.05) is 62.5 Å². The van der Waals surface area contributed by atoms with Crippen molar-refractivity contribution in [2.45, 2.75) is 65.3 Å². The Kier molecular flexibility index (Phi) is 11.8. The summed E-state index contributed by atoms with van der Waals surface area (Å²) < 4.78 is 13.1. The average molecular weight is 455 g/mol. The third-order valence-corrected chi connectivity index (χ3v) is 5.70. The molecule has 1 aromatic heterocycles. The van der Waals surface area contributed by atoms with Gasteiger partial charge in [-0.05, 0) is 50.3 Å². The summed E-state index contributed by atoms with van der Waals surface area (Å²) in [5.41, 5.74) is 4.04. The standard InChI is InChI=1S/C23H33N2O4P.Mg/c1-4-6-14-22-23(24-18(3)26)21(20(5-2)13-10-15-30(27,28)29)17-25(22)16-19-11-8-7-9-12-19;/h7-12,15,17,20H,4-6,13-14,16H2,1-3H3,(H,24,26)(H2,27,28,29);/q;+2/p-2. The Hall–Kier alpha value is -1.37. The molecule has 1 unspecified atom stereocenters. The second-order valence-electron chi connectivity index (χ2n) is 7.57. The predicted molar refractivity (Wildman–Crippen MR) is 123 cm³/mol. The first-order valence-corrected chi connectivity index (χ1v) is 12.1. The quantitative estimate of drug-likeness (QED) is 0.413. The van der Waals surface area contributed by atoms with Crippen LogP contribution in [0.5, 0.6) is 0 Å². The van der Waals surface area contributed by atoms with Crippen LogP contribution in [-0.4, -0.2) is 33.5 Å². The number of amides is 1. The van der Waals surface area contributed by atoms with Crippen LogP contribution in [-0.2, 0) is 22.3 Å². The first-order chi connectivity index (χ1) is 14.2. The van der Waals surface area contributed by atoms with Gasteiger partial charge in [-0.15, -0.1) is 0 Å². The Labute approximate surface area is 201 Å². The molecule has 0 aliphatic rings. The first-order valence-electron chi connectivity index (χ1n) is 10.5. The summed E-state index contributed by atoms with van der Waals surface area (Å²) >= 11 is 0. The number of nitrogens with one attached hydrogen (secondary N) is 1. The number of benzene rings is 1. The maximum absolute atomic E-state index is 12.0. The Morgan fingerprint density at radius 2 is 1.90 bits per heavy atom. The van der Waals surface area contributed by atoms with Crippen molar-refractivity contribution in [2.75, 3.05) is 5.32 Å². The Morgan fingerprint density at radius 3 is 2.45 bits per heavy atom. The van der Waals surface area contributed by atoms with Crippen molar-refractivity contribution in [1.29, 1.82) is 0 Å². The van der Waals surface area contributed by atoms with Gasteiger partial charge in [0.25, 0.3) is 0 Å². The number of hydrogen-bond donors (Lipinski definition) is 1. The van der Waals surface area contributed by atoms with Crippen LogP contribution in [0.25, 0.3) is 0 Å². The van der Waals surface area contributed by atoms with Gasteiger partial charge < -0.3 is 24.2 Å². The molecule has 1 N–H and O–H groups in total. The van der Waals surface area contributed by atoms with E-state index in [-0.39, 0.29) is 34.9 Å². The third kappa shape index (κ3) is 8.95. The van der Waals surface area contributed by atoms with E-state index < -0.39 is 7.60 Å². The van der Waals surface area contributed by atoms with Crippen molar-refractivity contribution in [3.8, 4) is 0 Å². The zero-order valence-electron chi connectivity index (χ0n) is 18.7. The van der Waals surface area contributed by atoms with Crippen LogP contribution < -0.4 is 15.1 Å². The second-order valence-corrected chi connectivity index (χ2v) is 8.95. The molecule has 0 saturated heterocycles. The molecule has 0 fully saturated rings. The maximum atomic E-state index is 12.0. The SMILES string of the molecule is CCCCc1c(NC(C)=O)c(C(CC)CC=CP(=O)([O-])[O-])cn1Cc1ccccc1.[Mg+2]. The summed E-state index contributed by atoms with van der Waals surface area (Å²) in [7, 11) is -4.68. The molecule has 6 nitrogen and oxygen atoms in total. The molecule has 2 aromatic rings. The van der Waals surface area contributed by atoms with Crippen LogP contribution in [0.1, 0.15) is 69.2 Å². The van der Waals surface area contributed by atoms with Gasteiger partial charge in [0, 0.05) is 25.4 Å². The van der Waals surface area contributed by atoms with Crippen LogP contribution in [0.15, 0.2) is 48.4 Å². The van der Waals surface area contributed by atoms with Crippen molar-refractivity contribution in [3.63, 3.8) is 0 Å². The van der Waals surface area contributed by atoms with E-state index in [9.17, 15) is 19.1 Å². The predicted octanol–water partition coefficient (Wildman–Crippen LogP) is 3.77. The van der Waals surface area contributed by atoms with E-state index in [2.05, 4.69) is 35.1 Å². The number of hydrogen-bond acceptors (Lipinski definition) is 4. The molecular formula is C23H31MgN2O4P. The Bertz CT molecular complexity index is 906. The number of allylic oxidation sites excluding steroid dienone is 1. The van der Waals surface area contributed by atoms with Crippen LogP contribution in [0.2, 0.25) is 0 Å². The third-order valence-electron chi connectivity index (χ3n) is 5.12. The molecule has 0 aliphatic carbocycles. The number of carbonyl (C=O) groups is 1. The molecule has 0 aliphatic heterocycles. The van der Waals surface area contributed by atoms with E-state index in [4.69, 9.17) is 0 Å². The number of unbranched alkanes of at least 4 members (excludes halogenated alkanes) is 1. The normalized spacial score (nSPS) is 12.5. The largest absolute Gasteiger partial charge is 2.00 e. The molecule has 1 heterocycles. The number of rotatable bonds is 11. The van der Waals surface area contributed by atoms with Gasteiger partial charge in [0.1, 0.15) is 0 Å². The molecule has 0 radical (unpaired) electrons. The van der Waals surface area contributed by atoms with Gasteiger partial charge in [-0.25, -0.2) is 0 Å². The molecule has 164 valence electrons. The van der Waals surface area contributed by atoms with Gasteiger partial charge >= 0.3 is 23.1 Å². The minimum Gasteiger partial charge on any atom is -0.808 e. The minimum absolute atomic E-state index is 0. The summed E-state index contributed by atoms with van der Waals surface area (Å²) in [4.78, 5) is 33.9. The molecule has 31 heavy (non-hydrogen) atoms.